The van der Waals surface area contributed by atoms with Crippen LogP contribution in [0.4, 0.5) is 8.78 Å². The fourth-order valence-corrected chi connectivity index (χ4v) is 3.57. The molecule has 0 radical (unpaired) electrons. The Balaban J connectivity index is 2.05. The van der Waals surface area contributed by atoms with E-state index in [1.807, 2.05) is 12.1 Å². The van der Waals surface area contributed by atoms with Crippen LogP contribution in [0.25, 0.3) is 0 Å². The predicted octanol–water partition coefficient (Wildman–Crippen LogP) is 4.11. The van der Waals surface area contributed by atoms with Crippen molar-refractivity contribution in [3.8, 4) is 0 Å². The van der Waals surface area contributed by atoms with E-state index < -0.39 is 17.7 Å². The zero-order valence-electron chi connectivity index (χ0n) is 11.5. The summed E-state index contributed by atoms with van der Waals surface area (Å²) in [5.74, 6) is -1.09. The van der Waals surface area contributed by atoms with Gasteiger partial charge in [0.2, 0.25) is 0 Å². The van der Waals surface area contributed by atoms with Crippen LogP contribution in [-0.2, 0) is 6.42 Å². The van der Waals surface area contributed by atoms with Crippen LogP contribution in [0.15, 0.2) is 34.9 Å². The highest BCUT2D eigenvalue weighted by molar-refractivity contribution is 9.10. The predicted molar refractivity (Wildman–Crippen MR) is 81.2 cm³/mol. The first kappa shape index (κ1) is 14.6. The summed E-state index contributed by atoms with van der Waals surface area (Å²) in [7, 11) is 1.73. The van der Waals surface area contributed by atoms with Crippen molar-refractivity contribution >= 4 is 15.9 Å². The summed E-state index contributed by atoms with van der Waals surface area (Å²) in [6.07, 6.45) is 3.47. The molecule has 2 aromatic rings. The lowest BCUT2D eigenvalue weighted by Crippen LogP contribution is -2.25. The molecule has 3 rings (SSSR count). The molecule has 110 valence electrons. The number of hydrogen-bond donors (Lipinski definition) is 1. The normalized spacial score (nSPS) is 18.6. The monoisotopic (exact) mass is 352 g/mol. The molecule has 2 nitrogen and oxygen atoms in total. The standard InChI is InChI=1S/C16H15BrF2N2/c1-20-16(14-12(18)7-10(17)8-13(14)19)11-5-4-9-3-2-6-21-15(9)11/h2-3,6-8,11,16,20H,4-5H2,1H3. The Morgan fingerprint density at radius 1 is 1.33 bits per heavy atom. The molecule has 1 aliphatic rings. The molecule has 21 heavy (non-hydrogen) atoms. The first-order valence-electron chi connectivity index (χ1n) is 6.87. The average molecular weight is 353 g/mol. The minimum Gasteiger partial charge on any atom is -0.312 e. The minimum absolute atomic E-state index is 0.0172. The summed E-state index contributed by atoms with van der Waals surface area (Å²) in [6, 6.07) is 6.11. The van der Waals surface area contributed by atoms with Gasteiger partial charge in [0.05, 0.1) is 0 Å². The molecule has 0 saturated heterocycles. The van der Waals surface area contributed by atoms with Crippen LogP contribution in [-0.4, -0.2) is 12.0 Å². The highest BCUT2D eigenvalue weighted by atomic mass is 79.9. The third-order valence-corrected chi connectivity index (χ3v) is 4.53. The number of fused-ring (bicyclic) bond motifs is 1. The molecule has 0 fully saturated rings. The van der Waals surface area contributed by atoms with Crippen molar-refractivity contribution in [2.24, 2.45) is 0 Å². The third kappa shape index (κ3) is 2.60. The molecule has 2 atom stereocenters. The maximum absolute atomic E-state index is 14.2. The molecule has 0 spiro atoms. The van der Waals surface area contributed by atoms with Crippen LogP contribution in [0, 0.1) is 11.6 Å². The molecule has 5 heteroatoms. The number of pyridine rings is 1. The number of likely N-dealkylation sites (N-methyl/N-ethyl adjacent to an activating group) is 1. The van der Waals surface area contributed by atoms with Gasteiger partial charge in [-0.2, -0.15) is 0 Å². The van der Waals surface area contributed by atoms with Gasteiger partial charge < -0.3 is 5.32 Å². The van der Waals surface area contributed by atoms with Crippen LogP contribution in [0.2, 0.25) is 0 Å². The van der Waals surface area contributed by atoms with Gasteiger partial charge in [0.1, 0.15) is 11.6 Å². The number of benzene rings is 1. The van der Waals surface area contributed by atoms with E-state index in [1.54, 1.807) is 13.2 Å². The summed E-state index contributed by atoms with van der Waals surface area (Å²) < 4.78 is 28.9. The Hall–Kier alpha value is -1.33. The lowest BCUT2D eigenvalue weighted by molar-refractivity contribution is 0.425. The summed E-state index contributed by atoms with van der Waals surface area (Å²) in [5, 5.41) is 3.07. The largest absolute Gasteiger partial charge is 0.312 e. The summed E-state index contributed by atoms with van der Waals surface area (Å²) >= 11 is 3.11. The number of halogens is 3. The molecular formula is C16H15BrF2N2. The van der Waals surface area contributed by atoms with E-state index >= 15 is 0 Å². The molecule has 0 aliphatic heterocycles. The van der Waals surface area contributed by atoms with Crippen LogP contribution >= 0.6 is 15.9 Å². The van der Waals surface area contributed by atoms with E-state index in [0.29, 0.717) is 4.47 Å². The first-order valence-corrected chi connectivity index (χ1v) is 7.66. The van der Waals surface area contributed by atoms with Crippen LogP contribution in [0.1, 0.15) is 35.2 Å². The van der Waals surface area contributed by atoms with Gasteiger partial charge in [0, 0.05) is 33.9 Å². The van der Waals surface area contributed by atoms with E-state index in [-0.39, 0.29) is 11.5 Å². The van der Waals surface area contributed by atoms with Gasteiger partial charge in [-0.15, -0.1) is 0 Å². The second-order valence-corrected chi connectivity index (χ2v) is 6.16. The molecule has 1 aromatic heterocycles. The quantitative estimate of drug-likeness (QED) is 0.898. The van der Waals surface area contributed by atoms with E-state index in [2.05, 4.69) is 26.2 Å². The fourth-order valence-electron chi connectivity index (χ4n) is 3.17. The summed E-state index contributed by atoms with van der Waals surface area (Å²) in [6.45, 7) is 0. The SMILES string of the molecule is CNC(c1c(F)cc(Br)cc1F)C1CCc2cccnc21. The number of hydrogen-bond acceptors (Lipinski definition) is 2. The number of aromatic nitrogens is 1. The number of rotatable bonds is 3. The van der Waals surface area contributed by atoms with Gasteiger partial charge >= 0.3 is 0 Å². The molecule has 0 saturated carbocycles. The molecule has 1 N–H and O–H groups in total. The topological polar surface area (TPSA) is 24.9 Å². The second kappa shape index (κ2) is 5.81. The second-order valence-electron chi connectivity index (χ2n) is 5.24. The van der Waals surface area contributed by atoms with Gasteiger partial charge in [-0.25, -0.2) is 8.78 Å². The van der Waals surface area contributed by atoms with E-state index in [4.69, 9.17) is 0 Å². The van der Waals surface area contributed by atoms with Crippen LogP contribution in [0.5, 0.6) is 0 Å². The molecule has 2 unspecified atom stereocenters. The Morgan fingerprint density at radius 3 is 2.71 bits per heavy atom. The van der Waals surface area contributed by atoms with Crippen molar-refractivity contribution in [2.75, 3.05) is 7.05 Å². The van der Waals surface area contributed by atoms with Crippen molar-refractivity contribution in [1.29, 1.82) is 0 Å². The van der Waals surface area contributed by atoms with E-state index in [9.17, 15) is 8.78 Å². The van der Waals surface area contributed by atoms with Crippen molar-refractivity contribution in [3.05, 3.63) is 63.4 Å². The van der Waals surface area contributed by atoms with Crippen LogP contribution in [0.3, 0.4) is 0 Å². The fraction of sp³-hybridized carbons (Fsp3) is 0.312. The minimum atomic E-state index is -0.536. The first-order chi connectivity index (χ1) is 10.1. The number of nitrogens with one attached hydrogen (secondary N) is 1. The summed E-state index contributed by atoms with van der Waals surface area (Å²) in [4.78, 5) is 4.42. The van der Waals surface area contributed by atoms with Gasteiger partial charge in [-0.1, -0.05) is 22.0 Å². The summed E-state index contributed by atoms with van der Waals surface area (Å²) in [5.41, 5.74) is 2.20. The molecule has 0 amide bonds. The maximum atomic E-state index is 14.2. The molecule has 0 bridgehead atoms. The Labute approximate surface area is 130 Å². The number of nitrogens with zero attached hydrogens (tertiary/aromatic N) is 1. The molecule has 1 aromatic carbocycles. The molecular weight excluding hydrogens is 338 g/mol. The lowest BCUT2D eigenvalue weighted by atomic mass is 9.90. The van der Waals surface area contributed by atoms with Crippen molar-refractivity contribution in [2.45, 2.75) is 24.8 Å². The van der Waals surface area contributed by atoms with Crippen molar-refractivity contribution in [1.82, 2.24) is 10.3 Å². The van der Waals surface area contributed by atoms with Gasteiger partial charge in [-0.05, 0) is 43.7 Å². The van der Waals surface area contributed by atoms with Crippen LogP contribution < -0.4 is 5.32 Å². The van der Waals surface area contributed by atoms with E-state index in [1.165, 1.54) is 17.7 Å². The average Bonchev–Trinajstić information content (AvgIpc) is 2.86. The molecule has 1 aliphatic carbocycles. The van der Waals surface area contributed by atoms with Crippen molar-refractivity contribution < 1.29 is 8.78 Å². The zero-order chi connectivity index (χ0) is 15.0. The van der Waals surface area contributed by atoms with Gasteiger partial charge in [0.25, 0.3) is 0 Å². The zero-order valence-corrected chi connectivity index (χ0v) is 13.1. The van der Waals surface area contributed by atoms with Crippen molar-refractivity contribution in [3.63, 3.8) is 0 Å². The Kier molecular flexibility index (Phi) is 4.04. The Morgan fingerprint density at radius 2 is 2.05 bits per heavy atom. The number of aryl methyl sites for hydroxylation is 1. The van der Waals surface area contributed by atoms with Gasteiger partial charge in [0.15, 0.2) is 0 Å². The Bertz CT molecular complexity index is 652. The smallest absolute Gasteiger partial charge is 0.132 e. The highest BCUT2D eigenvalue weighted by Gasteiger charge is 2.34. The highest BCUT2D eigenvalue weighted by Crippen LogP contribution is 2.42. The lowest BCUT2D eigenvalue weighted by Gasteiger charge is -2.24. The molecule has 1 heterocycles. The third-order valence-electron chi connectivity index (χ3n) is 4.07. The maximum Gasteiger partial charge on any atom is 0.132 e. The van der Waals surface area contributed by atoms with E-state index in [0.717, 1.165) is 18.5 Å². The van der Waals surface area contributed by atoms with Gasteiger partial charge in [-0.3, -0.25) is 4.98 Å².